The van der Waals surface area contributed by atoms with Crippen molar-refractivity contribution >= 4 is 0 Å². The minimum Gasteiger partial charge on any atom is -0.393 e. The van der Waals surface area contributed by atoms with Gasteiger partial charge in [-0.05, 0) is 6.42 Å². The molecule has 0 aromatic rings. The van der Waals surface area contributed by atoms with E-state index < -0.39 is 36.8 Å². The van der Waals surface area contributed by atoms with Crippen LogP contribution >= 0.6 is 0 Å². The highest BCUT2D eigenvalue weighted by atomic mass is 16.7. The molecule has 21 heavy (non-hydrogen) atoms. The van der Waals surface area contributed by atoms with Gasteiger partial charge < -0.3 is 29.9 Å². The van der Waals surface area contributed by atoms with Gasteiger partial charge in [0.2, 0.25) is 0 Å². The summed E-state index contributed by atoms with van der Waals surface area (Å²) in [5, 5.41) is 39.5. The maximum absolute atomic E-state index is 10.2. The Hall–Kier alpha value is -0.240. The lowest BCUT2D eigenvalue weighted by Crippen LogP contribution is -2.66. The molecule has 0 bridgehead atoms. The van der Waals surface area contributed by atoms with Gasteiger partial charge in [0.25, 0.3) is 0 Å². The van der Waals surface area contributed by atoms with E-state index in [9.17, 15) is 20.4 Å². The van der Waals surface area contributed by atoms with E-state index in [0.29, 0.717) is 6.42 Å². The summed E-state index contributed by atoms with van der Waals surface area (Å²) in [5.41, 5.74) is -1.27. The average Bonchev–Trinajstić information content (AvgIpc) is 2.51. The van der Waals surface area contributed by atoms with Gasteiger partial charge in [0.1, 0.15) is 23.9 Å². The van der Waals surface area contributed by atoms with Gasteiger partial charge in [0.05, 0.1) is 6.61 Å². The second kappa shape index (κ2) is 9.02. The van der Waals surface area contributed by atoms with Crippen LogP contribution in [0.4, 0.5) is 0 Å². The first kappa shape index (κ1) is 18.8. The second-order valence-corrected chi connectivity index (χ2v) is 5.89. The van der Waals surface area contributed by atoms with Crippen LogP contribution in [-0.4, -0.2) is 64.3 Å². The van der Waals surface area contributed by atoms with E-state index in [1.165, 1.54) is 26.4 Å². The van der Waals surface area contributed by atoms with Gasteiger partial charge >= 0.3 is 0 Å². The molecule has 0 saturated carbocycles. The Labute approximate surface area is 126 Å². The van der Waals surface area contributed by atoms with Gasteiger partial charge in [-0.3, -0.25) is 0 Å². The summed E-state index contributed by atoms with van der Waals surface area (Å²) < 4.78 is 10.5. The first-order valence-electron chi connectivity index (χ1n) is 7.88. The molecule has 1 unspecified atom stereocenters. The van der Waals surface area contributed by atoms with E-state index in [2.05, 4.69) is 6.92 Å². The van der Waals surface area contributed by atoms with Gasteiger partial charge in [-0.15, -0.1) is 0 Å². The summed E-state index contributed by atoms with van der Waals surface area (Å²) in [6.07, 6.45) is 1.75. The molecule has 1 rings (SSSR count). The molecule has 0 spiro atoms. The summed E-state index contributed by atoms with van der Waals surface area (Å²) >= 11 is 0. The maximum atomic E-state index is 10.2. The summed E-state index contributed by atoms with van der Waals surface area (Å²) in [7, 11) is 1.35. The number of unbranched alkanes of at least 4 members (excludes halogenated alkanes) is 5. The summed E-state index contributed by atoms with van der Waals surface area (Å²) in [4.78, 5) is 0. The van der Waals surface area contributed by atoms with Gasteiger partial charge in [0.15, 0.2) is 6.29 Å². The molecular formula is C15H30O6. The molecule has 1 fully saturated rings. The fourth-order valence-electron chi connectivity index (χ4n) is 2.84. The van der Waals surface area contributed by atoms with Crippen LogP contribution in [0.1, 0.15) is 51.9 Å². The van der Waals surface area contributed by atoms with Gasteiger partial charge in [-0.1, -0.05) is 45.4 Å². The molecule has 0 aromatic heterocycles. The molecule has 1 aliphatic rings. The van der Waals surface area contributed by atoms with Crippen molar-refractivity contribution in [3.05, 3.63) is 0 Å². The highest BCUT2D eigenvalue weighted by Gasteiger charge is 2.53. The third-order valence-electron chi connectivity index (χ3n) is 4.30. The summed E-state index contributed by atoms with van der Waals surface area (Å²) in [6, 6.07) is 0. The monoisotopic (exact) mass is 306 g/mol. The normalized spacial score (nSPS) is 36.9. The van der Waals surface area contributed by atoms with Crippen molar-refractivity contribution in [3.63, 3.8) is 0 Å². The van der Waals surface area contributed by atoms with Crippen molar-refractivity contribution in [3.8, 4) is 0 Å². The predicted octanol–water partition coefficient (Wildman–Crippen LogP) is 0.553. The third-order valence-corrected chi connectivity index (χ3v) is 4.30. The summed E-state index contributed by atoms with van der Waals surface area (Å²) in [6.45, 7) is 1.73. The van der Waals surface area contributed by atoms with Crippen LogP contribution in [0, 0.1) is 0 Å². The highest BCUT2D eigenvalue weighted by molar-refractivity contribution is 4.99. The molecule has 5 atom stereocenters. The molecule has 1 heterocycles. The Bertz CT molecular complexity index is 285. The van der Waals surface area contributed by atoms with E-state index in [1.54, 1.807) is 0 Å². The number of aliphatic hydroxyl groups is 4. The predicted molar refractivity (Wildman–Crippen MR) is 77.7 cm³/mol. The van der Waals surface area contributed by atoms with Crippen molar-refractivity contribution in [2.45, 2.75) is 82.1 Å². The van der Waals surface area contributed by atoms with E-state index in [-0.39, 0.29) is 0 Å². The van der Waals surface area contributed by atoms with Crippen molar-refractivity contribution in [2.75, 3.05) is 13.7 Å². The topological polar surface area (TPSA) is 99.4 Å². The van der Waals surface area contributed by atoms with Crippen molar-refractivity contribution in [2.24, 2.45) is 0 Å². The maximum Gasteiger partial charge on any atom is 0.186 e. The number of rotatable bonds is 9. The van der Waals surface area contributed by atoms with Crippen LogP contribution in [0.2, 0.25) is 0 Å². The average molecular weight is 306 g/mol. The first-order chi connectivity index (χ1) is 10.0. The SMILES string of the molecule is CCCCCCCCC1(CO)O[C@H](OC)[C@@H](O)[C@H](O)[C@H]1O. The second-order valence-electron chi connectivity index (χ2n) is 5.89. The Morgan fingerprint density at radius 1 is 1.00 bits per heavy atom. The van der Waals surface area contributed by atoms with E-state index in [0.717, 1.165) is 19.3 Å². The molecule has 6 heteroatoms. The van der Waals surface area contributed by atoms with Crippen LogP contribution in [0.3, 0.4) is 0 Å². The van der Waals surface area contributed by atoms with Gasteiger partial charge in [0, 0.05) is 7.11 Å². The van der Waals surface area contributed by atoms with Crippen LogP contribution < -0.4 is 0 Å². The molecular weight excluding hydrogens is 276 g/mol. The molecule has 0 radical (unpaired) electrons. The molecule has 4 N–H and O–H groups in total. The fourth-order valence-corrected chi connectivity index (χ4v) is 2.84. The zero-order valence-electron chi connectivity index (χ0n) is 13.1. The minimum atomic E-state index is -1.39. The molecule has 1 saturated heterocycles. The summed E-state index contributed by atoms with van der Waals surface area (Å²) in [5.74, 6) is 0. The minimum absolute atomic E-state index is 0.417. The Morgan fingerprint density at radius 2 is 1.62 bits per heavy atom. The van der Waals surface area contributed by atoms with Gasteiger partial charge in [-0.2, -0.15) is 0 Å². The fraction of sp³-hybridized carbons (Fsp3) is 1.00. The van der Waals surface area contributed by atoms with E-state index in [4.69, 9.17) is 9.47 Å². The third kappa shape index (κ3) is 4.61. The Morgan fingerprint density at radius 3 is 2.19 bits per heavy atom. The standard InChI is InChI=1S/C15H30O6/c1-3-4-5-6-7-8-9-15(10-16)13(19)11(17)12(18)14(20-2)21-15/h11-14,16-19H,3-10H2,1-2H3/t11-,12-,13+,14-,15?/m0/s1. The largest absolute Gasteiger partial charge is 0.393 e. The smallest absolute Gasteiger partial charge is 0.186 e. The van der Waals surface area contributed by atoms with Crippen molar-refractivity contribution < 1.29 is 29.9 Å². The van der Waals surface area contributed by atoms with E-state index in [1.807, 2.05) is 0 Å². The first-order valence-corrected chi connectivity index (χ1v) is 7.88. The van der Waals surface area contributed by atoms with Crippen molar-refractivity contribution in [1.82, 2.24) is 0 Å². The molecule has 0 aromatic carbocycles. The molecule has 0 amide bonds. The number of ether oxygens (including phenoxy) is 2. The van der Waals surface area contributed by atoms with Crippen LogP contribution in [-0.2, 0) is 9.47 Å². The van der Waals surface area contributed by atoms with Crippen molar-refractivity contribution in [1.29, 1.82) is 0 Å². The lowest BCUT2D eigenvalue weighted by molar-refractivity contribution is -0.334. The Balaban J connectivity index is 2.56. The van der Waals surface area contributed by atoms with Crippen LogP contribution in [0.5, 0.6) is 0 Å². The number of hydrogen-bond donors (Lipinski definition) is 4. The van der Waals surface area contributed by atoms with Gasteiger partial charge in [-0.25, -0.2) is 0 Å². The zero-order chi connectivity index (χ0) is 15.9. The molecule has 126 valence electrons. The van der Waals surface area contributed by atoms with Crippen LogP contribution in [0.25, 0.3) is 0 Å². The molecule has 6 nitrogen and oxygen atoms in total. The number of methoxy groups -OCH3 is 1. The Kier molecular flexibility index (Phi) is 8.08. The molecule has 1 aliphatic heterocycles. The van der Waals surface area contributed by atoms with Crippen LogP contribution in [0.15, 0.2) is 0 Å². The number of aliphatic hydroxyl groups excluding tert-OH is 4. The van der Waals surface area contributed by atoms with E-state index >= 15 is 0 Å². The lowest BCUT2D eigenvalue weighted by atomic mass is 9.83. The zero-order valence-corrected chi connectivity index (χ0v) is 13.1. The number of hydrogen-bond acceptors (Lipinski definition) is 6. The quantitative estimate of drug-likeness (QED) is 0.464. The highest BCUT2D eigenvalue weighted by Crippen LogP contribution is 2.34. The lowest BCUT2D eigenvalue weighted by Gasteiger charge is -2.47. The molecule has 0 aliphatic carbocycles.